The minimum atomic E-state index is -0.404. The van der Waals surface area contributed by atoms with E-state index in [4.69, 9.17) is 25.4 Å². The van der Waals surface area contributed by atoms with Crippen molar-refractivity contribution in [2.24, 2.45) is 4.99 Å². The van der Waals surface area contributed by atoms with Gasteiger partial charge >= 0.3 is 0 Å². The Balaban J connectivity index is 1.81. The Labute approximate surface area is 164 Å². The molecule has 1 amide bonds. The van der Waals surface area contributed by atoms with Crippen LogP contribution in [0.3, 0.4) is 0 Å². The molecular weight excluding hydrogens is 380 g/mol. The molecule has 142 valence electrons. The zero-order valence-corrected chi connectivity index (χ0v) is 16.0. The molecule has 28 heavy (non-hydrogen) atoms. The van der Waals surface area contributed by atoms with E-state index in [0.717, 1.165) is 10.2 Å². The lowest BCUT2D eigenvalue weighted by Gasteiger charge is -2.07. The largest absolute Gasteiger partial charge is 0.493 e. The van der Waals surface area contributed by atoms with Crippen LogP contribution in [0.5, 0.6) is 23.0 Å². The molecule has 0 saturated heterocycles. The van der Waals surface area contributed by atoms with Crippen molar-refractivity contribution in [1.82, 2.24) is 4.57 Å². The highest BCUT2D eigenvalue weighted by atomic mass is 32.1. The van der Waals surface area contributed by atoms with Gasteiger partial charge in [0.25, 0.3) is 5.91 Å². The lowest BCUT2D eigenvalue weighted by Crippen LogP contribution is -2.16. The average molecular weight is 396 g/mol. The predicted molar refractivity (Wildman–Crippen MR) is 104 cm³/mol. The van der Waals surface area contributed by atoms with Gasteiger partial charge in [-0.3, -0.25) is 4.79 Å². The molecule has 1 aliphatic rings. The van der Waals surface area contributed by atoms with Crippen LogP contribution < -0.4 is 23.7 Å². The molecule has 0 atom stereocenters. The lowest BCUT2D eigenvalue weighted by atomic mass is 10.2. The molecule has 4 rings (SSSR count). The summed E-state index contributed by atoms with van der Waals surface area (Å²) < 4.78 is 24.0. The summed E-state index contributed by atoms with van der Waals surface area (Å²) in [6, 6.07) is 8.63. The van der Waals surface area contributed by atoms with Crippen molar-refractivity contribution < 1.29 is 23.7 Å². The second-order valence-corrected chi connectivity index (χ2v) is 6.84. The second-order valence-electron chi connectivity index (χ2n) is 5.83. The van der Waals surface area contributed by atoms with Crippen LogP contribution in [0.1, 0.15) is 10.4 Å². The van der Waals surface area contributed by atoms with Gasteiger partial charge in [-0.25, -0.2) is 0 Å². The van der Waals surface area contributed by atoms with Crippen molar-refractivity contribution in [2.75, 3.05) is 21.0 Å². The van der Waals surface area contributed by atoms with Crippen LogP contribution in [-0.4, -0.2) is 31.5 Å². The molecule has 0 radical (unpaired) electrons. The van der Waals surface area contributed by atoms with E-state index >= 15 is 0 Å². The van der Waals surface area contributed by atoms with Crippen LogP contribution in [0.2, 0.25) is 0 Å². The quantitative estimate of drug-likeness (QED) is 0.634. The van der Waals surface area contributed by atoms with E-state index in [2.05, 4.69) is 10.9 Å². The number of benzene rings is 2. The third-order valence-corrected chi connectivity index (χ3v) is 5.30. The molecule has 0 fully saturated rings. The summed E-state index contributed by atoms with van der Waals surface area (Å²) in [6.07, 6.45) is 5.53. The fourth-order valence-electron chi connectivity index (χ4n) is 2.91. The Kier molecular flexibility index (Phi) is 4.67. The molecule has 1 aromatic heterocycles. The zero-order valence-electron chi connectivity index (χ0n) is 15.2. The first-order chi connectivity index (χ1) is 13.6. The maximum absolute atomic E-state index is 12.7. The fourth-order valence-corrected chi connectivity index (χ4v) is 3.95. The van der Waals surface area contributed by atoms with Crippen molar-refractivity contribution in [3.05, 3.63) is 40.7 Å². The van der Waals surface area contributed by atoms with Crippen LogP contribution in [0, 0.1) is 12.3 Å². The zero-order chi connectivity index (χ0) is 19.7. The van der Waals surface area contributed by atoms with E-state index in [1.165, 1.54) is 25.6 Å². The van der Waals surface area contributed by atoms with Crippen LogP contribution in [0.15, 0.2) is 35.3 Å². The van der Waals surface area contributed by atoms with Crippen molar-refractivity contribution in [2.45, 2.75) is 6.54 Å². The maximum atomic E-state index is 12.7. The Bertz CT molecular complexity index is 1190. The number of fused-ring (bicyclic) bond motifs is 2. The first kappa shape index (κ1) is 17.9. The van der Waals surface area contributed by atoms with E-state index in [0.29, 0.717) is 33.4 Å². The van der Waals surface area contributed by atoms with Gasteiger partial charge in [0.15, 0.2) is 27.8 Å². The van der Waals surface area contributed by atoms with Gasteiger partial charge in [0.2, 0.25) is 6.79 Å². The Morgan fingerprint density at radius 2 is 1.96 bits per heavy atom. The number of methoxy groups -OCH3 is 2. The number of carbonyl (C=O) groups is 1. The third kappa shape index (κ3) is 3.06. The van der Waals surface area contributed by atoms with Gasteiger partial charge in [-0.2, -0.15) is 4.99 Å². The predicted octanol–water partition coefficient (Wildman–Crippen LogP) is 2.82. The van der Waals surface area contributed by atoms with E-state index in [-0.39, 0.29) is 13.3 Å². The number of rotatable bonds is 4. The first-order valence-electron chi connectivity index (χ1n) is 8.32. The standard InChI is InChI=1S/C20H16N2O5S/c1-4-7-22-13-9-16-17(27-11-26-16)10-18(13)28-20(22)21-19(23)12-5-6-14(24-2)15(8-12)25-3/h1,5-6,8-10H,7,11H2,2-3H3. The summed E-state index contributed by atoms with van der Waals surface area (Å²) in [7, 11) is 3.05. The second kappa shape index (κ2) is 7.29. The van der Waals surface area contributed by atoms with Gasteiger partial charge < -0.3 is 23.5 Å². The summed E-state index contributed by atoms with van der Waals surface area (Å²) in [5, 5.41) is 0. The highest BCUT2D eigenvalue weighted by Gasteiger charge is 2.18. The topological polar surface area (TPSA) is 71.3 Å². The van der Waals surface area contributed by atoms with E-state index < -0.39 is 5.91 Å². The van der Waals surface area contributed by atoms with Gasteiger partial charge in [-0.1, -0.05) is 17.3 Å². The number of terminal acetylenes is 1. The molecule has 2 heterocycles. The summed E-state index contributed by atoms with van der Waals surface area (Å²) in [5.74, 6) is 4.52. The van der Waals surface area contributed by atoms with Crippen molar-refractivity contribution in [3.63, 3.8) is 0 Å². The van der Waals surface area contributed by atoms with Crippen molar-refractivity contribution in [3.8, 4) is 35.3 Å². The van der Waals surface area contributed by atoms with Crippen molar-refractivity contribution >= 4 is 27.5 Å². The molecular formula is C20H16N2O5S. The molecule has 1 aliphatic heterocycles. The van der Waals surface area contributed by atoms with Crippen LogP contribution in [0.4, 0.5) is 0 Å². The SMILES string of the molecule is C#CCn1c(=NC(=O)c2ccc(OC)c(OC)c2)sc2cc3c(cc21)OCO3. The Hall–Kier alpha value is -3.44. The Morgan fingerprint density at radius 3 is 2.68 bits per heavy atom. The highest BCUT2D eigenvalue weighted by Crippen LogP contribution is 2.37. The number of carbonyl (C=O) groups excluding carboxylic acids is 1. The number of amides is 1. The molecule has 0 saturated carbocycles. The monoisotopic (exact) mass is 396 g/mol. The summed E-state index contributed by atoms with van der Waals surface area (Å²) in [5.41, 5.74) is 1.22. The van der Waals surface area contributed by atoms with Gasteiger partial charge in [-0.15, -0.1) is 6.42 Å². The number of ether oxygens (including phenoxy) is 4. The average Bonchev–Trinajstić information content (AvgIpc) is 3.30. The maximum Gasteiger partial charge on any atom is 0.279 e. The van der Waals surface area contributed by atoms with Crippen LogP contribution >= 0.6 is 11.3 Å². The molecule has 0 bridgehead atoms. The fraction of sp³-hybridized carbons (Fsp3) is 0.200. The smallest absolute Gasteiger partial charge is 0.279 e. The minimum Gasteiger partial charge on any atom is -0.493 e. The van der Waals surface area contributed by atoms with Gasteiger partial charge in [0, 0.05) is 17.7 Å². The summed E-state index contributed by atoms with van der Waals surface area (Å²) in [4.78, 5) is 17.5. The summed E-state index contributed by atoms with van der Waals surface area (Å²) >= 11 is 1.36. The van der Waals surface area contributed by atoms with Crippen molar-refractivity contribution in [1.29, 1.82) is 0 Å². The molecule has 0 aliphatic carbocycles. The molecule has 3 aromatic rings. The van der Waals surface area contributed by atoms with E-state index in [1.54, 1.807) is 22.8 Å². The van der Waals surface area contributed by atoms with Gasteiger partial charge in [0.1, 0.15) is 0 Å². The number of hydrogen-bond acceptors (Lipinski definition) is 6. The Morgan fingerprint density at radius 1 is 1.21 bits per heavy atom. The number of thiazole rings is 1. The highest BCUT2D eigenvalue weighted by molar-refractivity contribution is 7.16. The minimum absolute atomic E-state index is 0.191. The number of aromatic nitrogens is 1. The summed E-state index contributed by atoms with van der Waals surface area (Å²) in [6.45, 7) is 0.467. The molecule has 0 N–H and O–H groups in total. The molecule has 2 aromatic carbocycles. The number of nitrogens with zero attached hydrogens (tertiary/aromatic N) is 2. The van der Waals surface area contributed by atoms with Crippen LogP contribution in [0.25, 0.3) is 10.2 Å². The van der Waals surface area contributed by atoms with Gasteiger partial charge in [-0.05, 0) is 18.2 Å². The molecule has 0 unspecified atom stereocenters. The molecule has 7 nitrogen and oxygen atoms in total. The van der Waals surface area contributed by atoms with E-state index in [9.17, 15) is 4.79 Å². The number of hydrogen-bond donors (Lipinski definition) is 0. The van der Waals surface area contributed by atoms with Crippen LogP contribution in [-0.2, 0) is 6.54 Å². The molecule has 8 heteroatoms. The third-order valence-electron chi connectivity index (χ3n) is 4.25. The normalized spacial score (nSPS) is 12.8. The first-order valence-corrected chi connectivity index (χ1v) is 9.13. The lowest BCUT2D eigenvalue weighted by molar-refractivity contribution is 0.0997. The van der Waals surface area contributed by atoms with Gasteiger partial charge in [0.05, 0.1) is 31.0 Å². The van der Waals surface area contributed by atoms with E-state index in [1.807, 2.05) is 12.1 Å². The molecule has 0 spiro atoms.